The molecule has 4 heteroatoms. The van der Waals surface area contributed by atoms with Crippen LogP contribution in [-0.4, -0.2) is 47.5 Å². The van der Waals surface area contributed by atoms with Crippen molar-refractivity contribution in [3.05, 3.63) is 71.8 Å². The molecule has 0 aliphatic carbocycles. The minimum Gasteiger partial charge on any atom is -1.00 e. The predicted octanol–water partition coefficient (Wildman–Crippen LogP) is 0.198. The Bertz CT molecular complexity index is 670. The maximum Gasteiger partial charge on any atom is 0.351 e. The minimum atomic E-state index is 0. The summed E-state index contributed by atoms with van der Waals surface area (Å²) in [4.78, 5) is 4.88. The molecule has 1 atom stereocenters. The molecule has 1 heterocycles. The van der Waals surface area contributed by atoms with E-state index in [1.165, 1.54) is 17.1 Å². The zero-order chi connectivity index (χ0) is 16.2. The molecule has 3 nitrogen and oxygen atoms in total. The van der Waals surface area contributed by atoms with E-state index in [1.54, 1.807) is 0 Å². The summed E-state index contributed by atoms with van der Waals surface area (Å²) in [5.41, 5.74) is 2.70. The van der Waals surface area contributed by atoms with Gasteiger partial charge in [-0.2, -0.15) is 0 Å². The van der Waals surface area contributed by atoms with Crippen molar-refractivity contribution in [2.24, 2.45) is 0 Å². The third kappa shape index (κ3) is 3.90. The second-order valence-corrected chi connectivity index (χ2v) is 6.34. The van der Waals surface area contributed by atoms with Crippen molar-refractivity contribution in [2.75, 3.05) is 27.2 Å². The molecule has 3 rings (SSSR count). The van der Waals surface area contributed by atoms with Crippen molar-refractivity contribution in [1.29, 1.82) is 0 Å². The number of hydrogen-bond donors (Lipinski definition) is 0. The first-order chi connectivity index (χ1) is 11.2. The average Bonchev–Trinajstić information content (AvgIpc) is 2.92. The lowest BCUT2D eigenvalue weighted by Crippen LogP contribution is -3.00. The molecule has 0 saturated heterocycles. The normalized spacial score (nSPS) is 15.2. The first-order valence-corrected chi connectivity index (χ1v) is 8.31. The van der Waals surface area contributed by atoms with E-state index >= 15 is 0 Å². The Kier molecular flexibility index (Phi) is 6.27. The molecule has 0 amide bonds. The molecule has 0 aromatic heterocycles. The van der Waals surface area contributed by atoms with Crippen LogP contribution >= 0.6 is 0 Å². The molecule has 0 fully saturated rings. The van der Waals surface area contributed by atoms with Crippen LogP contribution in [0.15, 0.2) is 60.7 Å². The van der Waals surface area contributed by atoms with Crippen LogP contribution < -0.4 is 12.4 Å². The molecule has 0 bridgehead atoms. The van der Waals surface area contributed by atoms with Crippen LogP contribution in [0.2, 0.25) is 0 Å². The first-order valence-electron chi connectivity index (χ1n) is 8.31. The van der Waals surface area contributed by atoms with Gasteiger partial charge in [0.25, 0.3) is 0 Å². The average molecular weight is 344 g/mol. The molecule has 0 saturated carbocycles. The van der Waals surface area contributed by atoms with Gasteiger partial charge in [-0.3, -0.25) is 14.4 Å². The number of hydrogen-bond acceptors (Lipinski definition) is 2. The predicted molar refractivity (Wildman–Crippen MR) is 95.5 cm³/mol. The third-order valence-corrected chi connectivity index (χ3v) is 4.66. The van der Waals surface area contributed by atoms with Crippen molar-refractivity contribution >= 4 is 5.96 Å². The molecular formula is C20H26ClN3. The standard InChI is InChI=1S/C20H26N3.ClH/c1-17(19-12-8-5-9-13-19)23(16-18-10-6-4-7-11-18)20-21(2)14-15-22(20)3;/h4-13,17H,14-16H2,1-3H3;1H/q+1;/p-1/t17-;/m1./s1. The highest BCUT2D eigenvalue weighted by Crippen LogP contribution is 2.24. The number of nitrogens with zero attached hydrogens (tertiary/aromatic N) is 3. The van der Waals surface area contributed by atoms with Gasteiger partial charge < -0.3 is 12.4 Å². The Labute approximate surface area is 151 Å². The van der Waals surface area contributed by atoms with Gasteiger partial charge in [0.15, 0.2) is 0 Å². The topological polar surface area (TPSA) is 9.49 Å². The molecule has 0 radical (unpaired) electrons. The molecule has 2 aromatic carbocycles. The maximum absolute atomic E-state index is 2.51. The minimum absolute atomic E-state index is 0. The fourth-order valence-corrected chi connectivity index (χ4v) is 3.30. The van der Waals surface area contributed by atoms with Crippen LogP contribution in [0.1, 0.15) is 24.1 Å². The zero-order valence-electron chi connectivity index (χ0n) is 14.7. The van der Waals surface area contributed by atoms with Gasteiger partial charge in [0.05, 0.1) is 33.7 Å². The SMILES string of the molecule is C[C@H](c1ccccc1)N(Cc1ccccc1)C1=[N+](C)CCN1C.[Cl-]. The van der Waals surface area contributed by atoms with E-state index in [2.05, 4.69) is 96.1 Å². The Balaban J connectivity index is 0.00000208. The molecule has 24 heavy (non-hydrogen) atoms. The van der Waals surface area contributed by atoms with Crippen molar-refractivity contribution in [1.82, 2.24) is 9.80 Å². The molecule has 1 aliphatic heterocycles. The van der Waals surface area contributed by atoms with E-state index < -0.39 is 0 Å². The monoisotopic (exact) mass is 343 g/mol. The van der Waals surface area contributed by atoms with Gasteiger partial charge >= 0.3 is 5.96 Å². The number of benzene rings is 2. The van der Waals surface area contributed by atoms with E-state index in [0.717, 1.165) is 19.6 Å². The summed E-state index contributed by atoms with van der Waals surface area (Å²) < 4.78 is 2.36. The van der Waals surface area contributed by atoms with Gasteiger partial charge in [0.1, 0.15) is 6.04 Å². The second-order valence-electron chi connectivity index (χ2n) is 6.34. The lowest BCUT2D eigenvalue weighted by Gasteiger charge is -2.28. The third-order valence-electron chi connectivity index (χ3n) is 4.66. The lowest BCUT2D eigenvalue weighted by molar-refractivity contribution is -0.492. The van der Waals surface area contributed by atoms with Gasteiger partial charge in [0, 0.05) is 0 Å². The summed E-state index contributed by atoms with van der Waals surface area (Å²) in [5.74, 6) is 1.31. The fourth-order valence-electron chi connectivity index (χ4n) is 3.30. The Morgan fingerprint density at radius 3 is 2.17 bits per heavy atom. The summed E-state index contributed by atoms with van der Waals surface area (Å²) in [6.45, 7) is 5.38. The summed E-state index contributed by atoms with van der Waals surface area (Å²) in [5, 5.41) is 0. The van der Waals surface area contributed by atoms with Crippen LogP contribution in [0, 0.1) is 0 Å². The van der Waals surface area contributed by atoms with E-state index in [4.69, 9.17) is 0 Å². The highest BCUT2D eigenvalue weighted by Gasteiger charge is 2.34. The molecule has 0 unspecified atom stereocenters. The molecule has 0 spiro atoms. The zero-order valence-corrected chi connectivity index (χ0v) is 15.4. The molecule has 1 aliphatic rings. The van der Waals surface area contributed by atoms with E-state index in [9.17, 15) is 0 Å². The van der Waals surface area contributed by atoms with Gasteiger partial charge in [0.2, 0.25) is 0 Å². The highest BCUT2D eigenvalue weighted by molar-refractivity contribution is 5.76. The maximum atomic E-state index is 2.51. The van der Waals surface area contributed by atoms with Crippen LogP contribution in [0.4, 0.5) is 0 Å². The summed E-state index contributed by atoms with van der Waals surface area (Å²) in [6.07, 6.45) is 0. The number of guanidine groups is 1. The van der Waals surface area contributed by atoms with Gasteiger partial charge in [-0.25, -0.2) is 0 Å². The smallest absolute Gasteiger partial charge is 0.351 e. The Hall–Kier alpha value is -2.00. The lowest BCUT2D eigenvalue weighted by atomic mass is 10.1. The summed E-state index contributed by atoms with van der Waals surface area (Å²) in [7, 11) is 4.38. The van der Waals surface area contributed by atoms with Crippen LogP contribution in [-0.2, 0) is 6.54 Å². The molecule has 0 N–H and O–H groups in total. The van der Waals surface area contributed by atoms with Crippen molar-refractivity contribution in [2.45, 2.75) is 19.5 Å². The van der Waals surface area contributed by atoms with Gasteiger partial charge in [-0.15, -0.1) is 0 Å². The van der Waals surface area contributed by atoms with Gasteiger partial charge in [-0.1, -0.05) is 60.7 Å². The molecular weight excluding hydrogens is 318 g/mol. The van der Waals surface area contributed by atoms with Crippen LogP contribution in [0.3, 0.4) is 0 Å². The largest absolute Gasteiger partial charge is 1.00 e. The molecule has 128 valence electrons. The van der Waals surface area contributed by atoms with Gasteiger partial charge in [-0.05, 0) is 18.1 Å². The first kappa shape index (κ1) is 18.3. The number of halogens is 1. The number of rotatable bonds is 4. The quantitative estimate of drug-likeness (QED) is 0.734. The van der Waals surface area contributed by atoms with Crippen molar-refractivity contribution < 1.29 is 17.0 Å². The Morgan fingerprint density at radius 2 is 1.62 bits per heavy atom. The van der Waals surface area contributed by atoms with Crippen LogP contribution in [0.25, 0.3) is 0 Å². The molecule has 2 aromatic rings. The van der Waals surface area contributed by atoms with E-state index in [1.807, 2.05) is 0 Å². The van der Waals surface area contributed by atoms with Crippen molar-refractivity contribution in [3.63, 3.8) is 0 Å². The van der Waals surface area contributed by atoms with Crippen LogP contribution in [0.5, 0.6) is 0 Å². The second kappa shape index (κ2) is 8.20. The van der Waals surface area contributed by atoms with Crippen molar-refractivity contribution in [3.8, 4) is 0 Å². The highest BCUT2D eigenvalue weighted by atomic mass is 35.5. The summed E-state index contributed by atoms with van der Waals surface area (Å²) >= 11 is 0. The van der Waals surface area contributed by atoms with E-state index in [0.29, 0.717) is 6.04 Å². The fraction of sp³-hybridized carbons (Fsp3) is 0.350. The number of likely N-dealkylation sites (N-methyl/N-ethyl adjacent to an activating group) is 2. The van der Waals surface area contributed by atoms with E-state index in [-0.39, 0.29) is 12.4 Å². The Morgan fingerprint density at radius 1 is 1.04 bits per heavy atom. The summed E-state index contributed by atoms with van der Waals surface area (Å²) in [6, 6.07) is 21.8.